The van der Waals surface area contributed by atoms with E-state index in [9.17, 15) is 5.11 Å². The van der Waals surface area contributed by atoms with Crippen LogP contribution >= 0.6 is 23.2 Å². The van der Waals surface area contributed by atoms with Crippen molar-refractivity contribution in [1.29, 1.82) is 5.41 Å². The van der Waals surface area contributed by atoms with E-state index < -0.39 is 5.60 Å². The van der Waals surface area contributed by atoms with Gasteiger partial charge in [0.05, 0.1) is 10.0 Å². The number of halogens is 2. The number of benzene rings is 2. The van der Waals surface area contributed by atoms with Gasteiger partial charge in [0, 0.05) is 11.6 Å². The third-order valence-electron chi connectivity index (χ3n) is 4.18. The molecular weight excluding hydrogens is 305 g/mol. The van der Waals surface area contributed by atoms with E-state index >= 15 is 0 Å². The molecule has 0 radical (unpaired) electrons. The Kier molecular flexibility index (Phi) is 3.56. The van der Waals surface area contributed by atoms with Crippen LogP contribution in [0.3, 0.4) is 0 Å². The summed E-state index contributed by atoms with van der Waals surface area (Å²) in [7, 11) is 0. The Hall–Kier alpha value is -1.35. The highest BCUT2D eigenvalue weighted by Gasteiger charge is 2.33. The molecule has 2 aromatic carbocycles. The van der Waals surface area contributed by atoms with Gasteiger partial charge in [0.1, 0.15) is 0 Å². The molecule has 108 valence electrons. The number of hydrogen-bond acceptors (Lipinski definition) is 2. The first-order valence-corrected chi connectivity index (χ1v) is 7.49. The summed E-state index contributed by atoms with van der Waals surface area (Å²) in [6, 6.07) is 13.1. The minimum absolute atomic E-state index is 0.0227. The molecule has 0 amide bonds. The van der Waals surface area contributed by atoms with E-state index in [0.717, 1.165) is 11.1 Å². The van der Waals surface area contributed by atoms with Crippen molar-refractivity contribution in [3.8, 4) is 0 Å². The van der Waals surface area contributed by atoms with E-state index in [2.05, 4.69) is 0 Å². The smallest absolute Gasteiger partial charge is 0.0595 e. The van der Waals surface area contributed by atoms with Crippen LogP contribution in [0.15, 0.2) is 42.5 Å². The highest BCUT2D eigenvalue weighted by molar-refractivity contribution is 6.42. The van der Waals surface area contributed by atoms with E-state index in [-0.39, 0.29) is 11.6 Å². The molecule has 1 aliphatic rings. The number of hydrogen-bond donors (Lipinski definition) is 1. The van der Waals surface area contributed by atoms with Crippen LogP contribution in [0.5, 0.6) is 0 Å². The molecule has 0 heterocycles. The Bertz CT molecular complexity index is 724. The number of fused-ring (bicyclic) bond motifs is 1. The maximum absolute atomic E-state index is 12.7. The van der Waals surface area contributed by atoms with Gasteiger partial charge in [-0.25, -0.2) is 0 Å². The summed E-state index contributed by atoms with van der Waals surface area (Å²) in [5.41, 5.74) is 1.39. The third kappa shape index (κ3) is 2.38. The van der Waals surface area contributed by atoms with Gasteiger partial charge in [-0.3, -0.25) is 0 Å². The maximum Gasteiger partial charge on any atom is 0.0595 e. The predicted molar refractivity (Wildman–Crippen MR) is 84.4 cm³/mol. The van der Waals surface area contributed by atoms with Gasteiger partial charge in [-0.15, -0.1) is 0 Å². The van der Waals surface area contributed by atoms with Crippen LogP contribution in [-0.4, -0.2) is 5.71 Å². The topological polar surface area (TPSA) is 46.9 Å². The zero-order chi connectivity index (χ0) is 15.2. The highest BCUT2D eigenvalue weighted by Crippen LogP contribution is 2.42. The van der Waals surface area contributed by atoms with E-state index in [1.54, 1.807) is 13.0 Å². The van der Waals surface area contributed by atoms with Crippen molar-refractivity contribution < 1.29 is 5.11 Å². The van der Waals surface area contributed by atoms with Gasteiger partial charge in [-0.05, 0) is 35.2 Å². The molecule has 1 N–H and O–H groups in total. The molecular formula is C17H14Cl2NO-. The first-order valence-electron chi connectivity index (χ1n) is 6.74. The molecule has 2 unspecified atom stereocenters. The molecule has 3 rings (SSSR count). The normalized spacial score (nSPS) is 24.8. The minimum atomic E-state index is -1.46. The monoisotopic (exact) mass is 318 g/mol. The summed E-state index contributed by atoms with van der Waals surface area (Å²) < 4.78 is 0. The summed E-state index contributed by atoms with van der Waals surface area (Å²) in [6.45, 7) is 1.57. The Balaban J connectivity index is 2.16. The van der Waals surface area contributed by atoms with Crippen molar-refractivity contribution in [2.75, 3.05) is 0 Å². The van der Waals surface area contributed by atoms with Crippen molar-refractivity contribution >= 4 is 28.9 Å². The fourth-order valence-electron chi connectivity index (χ4n) is 2.93. The lowest BCUT2D eigenvalue weighted by molar-refractivity contribution is -0.454. The van der Waals surface area contributed by atoms with Crippen LogP contribution in [0, 0.1) is 5.41 Å². The molecule has 0 aromatic heterocycles. The molecule has 2 nitrogen and oxygen atoms in total. The van der Waals surface area contributed by atoms with Crippen molar-refractivity contribution in [1.82, 2.24) is 0 Å². The predicted octanol–water partition coefficient (Wildman–Crippen LogP) is 4.12. The second kappa shape index (κ2) is 5.13. The summed E-state index contributed by atoms with van der Waals surface area (Å²) in [6.07, 6.45) is 0.412. The van der Waals surface area contributed by atoms with Crippen LogP contribution < -0.4 is 5.11 Å². The lowest BCUT2D eigenvalue weighted by atomic mass is 9.71. The molecule has 2 aromatic rings. The van der Waals surface area contributed by atoms with Gasteiger partial charge in [0.25, 0.3) is 0 Å². The van der Waals surface area contributed by atoms with E-state index in [0.29, 0.717) is 22.0 Å². The van der Waals surface area contributed by atoms with Crippen LogP contribution in [0.4, 0.5) is 0 Å². The third-order valence-corrected chi connectivity index (χ3v) is 4.92. The fourth-order valence-corrected chi connectivity index (χ4v) is 3.24. The standard InChI is InChI=1S/C17H14Cl2NO/c1-17(21)13-5-3-2-4-11(13)12(9-16(17)20)10-6-7-14(18)15(19)8-10/h2-8,12,20H,9H2,1H3/q-1. The summed E-state index contributed by atoms with van der Waals surface area (Å²) in [5.74, 6) is -0.0227. The quantitative estimate of drug-likeness (QED) is 0.844. The van der Waals surface area contributed by atoms with Gasteiger partial charge >= 0.3 is 0 Å². The molecule has 0 spiro atoms. The van der Waals surface area contributed by atoms with Crippen molar-refractivity contribution in [2.45, 2.75) is 24.9 Å². The maximum atomic E-state index is 12.7. The van der Waals surface area contributed by atoms with Gasteiger partial charge in [-0.2, -0.15) is 0 Å². The minimum Gasteiger partial charge on any atom is -0.842 e. The number of nitrogens with one attached hydrogen (secondary N) is 1. The van der Waals surface area contributed by atoms with Crippen LogP contribution in [-0.2, 0) is 5.60 Å². The van der Waals surface area contributed by atoms with E-state index in [1.807, 2.05) is 36.4 Å². The lowest BCUT2D eigenvalue weighted by Gasteiger charge is -2.45. The lowest BCUT2D eigenvalue weighted by Crippen LogP contribution is -2.49. The van der Waals surface area contributed by atoms with Crippen LogP contribution in [0.1, 0.15) is 36.0 Å². The first-order chi connectivity index (χ1) is 9.91. The van der Waals surface area contributed by atoms with Crippen LogP contribution in [0.25, 0.3) is 0 Å². The van der Waals surface area contributed by atoms with Crippen molar-refractivity contribution in [3.05, 3.63) is 69.2 Å². The van der Waals surface area contributed by atoms with Gasteiger partial charge in [0.15, 0.2) is 0 Å². The molecule has 0 saturated heterocycles. The van der Waals surface area contributed by atoms with Crippen molar-refractivity contribution in [2.24, 2.45) is 0 Å². The average molecular weight is 319 g/mol. The van der Waals surface area contributed by atoms with Crippen molar-refractivity contribution in [3.63, 3.8) is 0 Å². The molecule has 0 aliphatic heterocycles. The molecule has 2 atom stereocenters. The zero-order valence-electron chi connectivity index (χ0n) is 11.5. The summed E-state index contributed by atoms with van der Waals surface area (Å²) in [5, 5.41) is 21.8. The number of rotatable bonds is 1. The van der Waals surface area contributed by atoms with Gasteiger partial charge < -0.3 is 10.5 Å². The Morgan fingerprint density at radius 2 is 1.86 bits per heavy atom. The van der Waals surface area contributed by atoms with Gasteiger partial charge in [-0.1, -0.05) is 66.1 Å². The Morgan fingerprint density at radius 3 is 2.57 bits per heavy atom. The molecule has 1 aliphatic carbocycles. The fraction of sp³-hybridized carbons (Fsp3) is 0.235. The van der Waals surface area contributed by atoms with Gasteiger partial charge in [0.2, 0.25) is 0 Å². The molecule has 0 saturated carbocycles. The van der Waals surface area contributed by atoms with Crippen LogP contribution in [0.2, 0.25) is 10.0 Å². The molecule has 4 heteroatoms. The molecule has 21 heavy (non-hydrogen) atoms. The molecule has 0 fully saturated rings. The summed E-state index contributed by atoms with van der Waals surface area (Å²) >= 11 is 12.1. The summed E-state index contributed by atoms with van der Waals surface area (Å²) in [4.78, 5) is 0. The Morgan fingerprint density at radius 1 is 1.14 bits per heavy atom. The van der Waals surface area contributed by atoms with E-state index in [4.69, 9.17) is 28.6 Å². The second-order valence-corrected chi connectivity index (χ2v) is 6.34. The van der Waals surface area contributed by atoms with E-state index in [1.165, 1.54) is 0 Å². The SMILES string of the molecule is CC1([O-])C(=N)CC(c2ccc(Cl)c(Cl)c2)c2ccccc21. The Labute approximate surface area is 133 Å². The largest absolute Gasteiger partial charge is 0.842 e. The second-order valence-electron chi connectivity index (χ2n) is 5.53. The first kappa shape index (κ1) is 14.6. The highest BCUT2D eigenvalue weighted by atomic mass is 35.5. The zero-order valence-corrected chi connectivity index (χ0v) is 13.0. The average Bonchev–Trinajstić information content (AvgIpc) is 2.46. The molecule has 0 bridgehead atoms.